The molecule has 0 spiro atoms. The number of benzene rings is 1. The Hall–Kier alpha value is -0.770. The van der Waals surface area contributed by atoms with E-state index in [2.05, 4.69) is 39.1 Å². The fraction of sp³-hybridized carbons (Fsp3) is 0.647. The van der Waals surface area contributed by atoms with Gasteiger partial charge in [0.15, 0.2) is 0 Å². The molecule has 1 saturated heterocycles. The van der Waals surface area contributed by atoms with E-state index in [1.807, 2.05) is 12.1 Å². The molecule has 118 valence electrons. The van der Waals surface area contributed by atoms with E-state index in [-0.39, 0.29) is 12.1 Å². The number of hydrogen-bond acceptors (Lipinski definition) is 3. The van der Waals surface area contributed by atoms with Crippen molar-refractivity contribution >= 4 is 11.6 Å². The average Bonchev–Trinajstić information content (AvgIpc) is 2.70. The average molecular weight is 312 g/mol. The van der Waals surface area contributed by atoms with Crippen LogP contribution in [0.5, 0.6) is 5.75 Å². The van der Waals surface area contributed by atoms with Crippen molar-refractivity contribution in [3.8, 4) is 5.75 Å². The zero-order chi connectivity index (χ0) is 15.6. The Morgan fingerprint density at radius 1 is 1.29 bits per heavy atom. The molecule has 3 nitrogen and oxygen atoms in total. The highest BCUT2D eigenvalue weighted by Crippen LogP contribution is 2.41. The molecular weight excluding hydrogens is 286 g/mol. The number of halogens is 1. The molecule has 5 unspecified atom stereocenters. The van der Waals surface area contributed by atoms with E-state index in [4.69, 9.17) is 21.1 Å². The van der Waals surface area contributed by atoms with Gasteiger partial charge in [-0.15, -0.1) is 0 Å². The summed E-state index contributed by atoms with van der Waals surface area (Å²) in [6.45, 7) is 9.64. The molecule has 0 amide bonds. The first-order chi connectivity index (χ1) is 9.99. The zero-order valence-corrected chi connectivity index (χ0v) is 14.3. The molecule has 5 atom stereocenters. The van der Waals surface area contributed by atoms with Gasteiger partial charge in [0.2, 0.25) is 0 Å². The summed E-state index contributed by atoms with van der Waals surface area (Å²) in [5, 5.41) is 4.27. The lowest BCUT2D eigenvalue weighted by molar-refractivity contribution is 0.0475. The van der Waals surface area contributed by atoms with Crippen LogP contribution in [0.2, 0.25) is 5.02 Å². The molecule has 0 radical (unpaired) electrons. The van der Waals surface area contributed by atoms with Crippen molar-refractivity contribution in [2.45, 2.75) is 45.9 Å². The van der Waals surface area contributed by atoms with Gasteiger partial charge in [-0.05, 0) is 44.0 Å². The standard InChI is InChI=1S/C17H26ClNO2/c1-6-19-17(16-10(2)11(3)21-12(16)4)13-7-8-15(20-5)14(18)9-13/h7-12,16-17,19H,6H2,1-5H3. The highest BCUT2D eigenvalue weighted by Gasteiger charge is 2.42. The first-order valence-electron chi connectivity index (χ1n) is 7.71. The van der Waals surface area contributed by atoms with Gasteiger partial charge >= 0.3 is 0 Å². The van der Waals surface area contributed by atoms with Gasteiger partial charge < -0.3 is 14.8 Å². The van der Waals surface area contributed by atoms with Crippen molar-refractivity contribution in [3.63, 3.8) is 0 Å². The Balaban J connectivity index is 2.32. The first-order valence-corrected chi connectivity index (χ1v) is 8.09. The summed E-state index contributed by atoms with van der Waals surface area (Å²) < 4.78 is 11.3. The van der Waals surface area contributed by atoms with Crippen molar-refractivity contribution in [2.75, 3.05) is 13.7 Å². The third-order valence-electron chi connectivity index (χ3n) is 4.66. The predicted octanol–water partition coefficient (Wildman–Crippen LogP) is 4.06. The van der Waals surface area contributed by atoms with Crippen LogP contribution in [0.25, 0.3) is 0 Å². The highest BCUT2D eigenvalue weighted by molar-refractivity contribution is 6.32. The minimum absolute atomic E-state index is 0.236. The van der Waals surface area contributed by atoms with Crippen molar-refractivity contribution in [3.05, 3.63) is 28.8 Å². The SMILES string of the molecule is CCNC(c1ccc(OC)c(Cl)c1)C1C(C)OC(C)C1C. The van der Waals surface area contributed by atoms with Gasteiger partial charge in [0, 0.05) is 12.0 Å². The molecule has 1 heterocycles. The van der Waals surface area contributed by atoms with E-state index >= 15 is 0 Å². The quantitative estimate of drug-likeness (QED) is 0.889. The molecule has 1 aliphatic heterocycles. The first kappa shape index (κ1) is 16.6. The lowest BCUT2D eigenvalue weighted by Gasteiger charge is -2.30. The van der Waals surface area contributed by atoms with Crippen molar-refractivity contribution < 1.29 is 9.47 Å². The predicted molar refractivity (Wildman–Crippen MR) is 87.1 cm³/mol. The van der Waals surface area contributed by atoms with E-state index in [0.29, 0.717) is 28.7 Å². The van der Waals surface area contributed by atoms with Crippen LogP contribution >= 0.6 is 11.6 Å². The molecule has 1 aromatic carbocycles. The molecule has 1 aliphatic rings. The van der Waals surface area contributed by atoms with E-state index in [9.17, 15) is 0 Å². The summed E-state index contributed by atoms with van der Waals surface area (Å²) in [6.07, 6.45) is 0.528. The number of hydrogen-bond donors (Lipinski definition) is 1. The van der Waals surface area contributed by atoms with Gasteiger partial charge in [0.1, 0.15) is 5.75 Å². The fourth-order valence-electron chi connectivity index (χ4n) is 3.44. The van der Waals surface area contributed by atoms with E-state index in [1.54, 1.807) is 7.11 Å². The van der Waals surface area contributed by atoms with Crippen LogP contribution in [-0.2, 0) is 4.74 Å². The van der Waals surface area contributed by atoms with Crippen LogP contribution in [0, 0.1) is 11.8 Å². The molecule has 2 rings (SSSR count). The Bertz CT molecular complexity index is 480. The van der Waals surface area contributed by atoms with Crippen LogP contribution in [0.4, 0.5) is 0 Å². The molecule has 4 heteroatoms. The summed E-state index contributed by atoms with van der Waals surface area (Å²) in [7, 11) is 1.64. The van der Waals surface area contributed by atoms with Gasteiger partial charge in [0.05, 0.1) is 24.3 Å². The van der Waals surface area contributed by atoms with Crippen LogP contribution in [0.3, 0.4) is 0 Å². The van der Waals surface area contributed by atoms with Gasteiger partial charge in [0.25, 0.3) is 0 Å². The normalized spacial score (nSPS) is 30.4. The summed E-state index contributed by atoms with van der Waals surface area (Å²) in [4.78, 5) is 0. The van der Waals surface area contributed by atoms with Crippen molar-refractivity contribution in [2.24, 2.45) is 11.8 Å². The molecule has 0 aromatic heterocycles. The van der Waals surface area contributed by atoms with Gasteiger partial charge in [-0.25, -0.2) is 0 Å². The molecule has 0 bridgehead atoms. The Labute approximate surface area is 133 Å². The molecule has 1 aromatic rings. The van der Waals surface area contributed by atoms with Gasteiger partial charge in [-0.2, -0.15) is 0 Å². The van der Waals surface area contributed by atoms with E-state index < -0.39 is 0 Å². The monoisotopic (exact) mass is 311 g/mol. The number of nitrogens with one attached hydrogen (secondary N) is 1. The second-order valence-corrected chi connectivity index (χ2v) is 6.32. The third kappa shape index (κ3) is 3.36. The van der Waals surface area contributed by atoms with Gasteiger partial charge in [-0.3, -0.25) is 0 Å². The maximum absolute atomic E-state index is 6.30. The highest BCUT2D eigenvalue weighted by atomic mass is 35.5. The topological polar surface area (TPSA) is 30.5 Å². The summed E-state index contributed by atoms with van der Waals surface area (Å²) in [5.41, 5.74) is 1.20. The molecule has 21 heavy (non-hydrogen) atoms. The second kappa shape index (κ2) is 6.99. The lowest BCUT2D eigenvalue weighted by atomic mass is 9.80. The summed E-state index contributed by atoms with van der Waals surface area (Å²) in [6, 6.07) is 6.29. The Kier molecular flexibility index (Phi) is 5.53. The smallest absolute Gasteiger partial charge is 0.137 e. The Morgan fingerprint density at radius 2 is 2.00 bits per heavy atom. The maximum Gasteiger partial charge on any atom is 0.137 e. The van der Waals surface area contributed by atoms with Crippen LogP contribution in [0.1, 0.15) is 39.3 Å². The van der Waals surface area contributed by atoms with Crippen LogP contribution in [0.15, 0.2) is 18.2 Å². The van der Waals surface area contributed by atoms with Crippen molar-refractivity contribution in [1.29, 1.82) is 0 Å². The lowest BCUT2D eigenvalue weighted by Crippen LogP contribution is -2.35. The van der Waals surface area contributed by atoms with Gasteiger partial charge in [-0.1, -0.05) is 31.5 Å². The summed E-state index contributed by atoms with van der Waals surface area (Å²) >= 11 is 6.30. The van der Waals surface area contributed by atoms with E-state index in [0.717, 1.165) is 6.54 Å². The minimum atomic E-state index is 0.236. The molecule has 0 aliphatic carbocycles. The summed E-state index contributed by atoms with van der Waals surface area (Å²) in [5.74, 6) is 1.65. The molecule has 0 saturated carbocycles. The second-order valence-electron chi connectivity index (χ2n) is 5.91. The maximum atomic E-state index is 6.30. The molecule has 1 fully saturated rings. The number of methoxy groups -OCH3 is 1. The minimum Gasteiger partial charge on any atom is -0.495 e. The Morgan fingerprint density at radius 3 is 2.48 bits per heavy atom. The largest absolute Gasteiger partial charge is 0.495 e. The van der Waals surface area contributed by atoms with E-state index in [1.165, 1.54) is 5.56 Å². The third-order valence-corrected chi connectivity index (χ3v) is 4.96. The molecule has 1 N–H and O–H groups in total. The molecular formula is C17H26ClNO2. The fourth-order valence-corrected chi connectivity index (χ4v) is 3.71. The van der Waals surface area contributed by atoms with Crippen LogP contribution in [-0.4, -0.2) is 25.9 Å². The number of rotatable bonds is 5. The zero-order valence-electron chi connectivity index (χ0n) is 13.5. The van der Waals surface area contributed by atoms with Crippen molar-refractivity contribution in [1.82, 2.24) is 5.32 Å². The van der Waals surface area contributed by atoms with Crippen LogP contribution < -0.4 is 10.1 Å². The number of ether oxygens (including phenoxy) is 2.